The fraction of sp³-hybridized carbons (Fsp3) is 0.524. The molecular weight excluding hydrogens is 360 g/mol. The number of esters is 1. The Kier molecular flexibility index (Phi) is 6.92. The third kappa shape index (κ3) is 5.48. The van der Waals surface area contributed by atoms with Crippen molar-refractivity contribution in [1.82, 2.24) is 9.80 Å². The number of benzene rings is 1. The zero-order valence-electron chi connectivity index (χ0n) is 16.6. The van der Waals surface area contributed by atoms with Crippen molar-refractivity contribution >= 4 is 12.1 Å². The maximum atomic E-state index is 12.2. The molecule has 152 valence electrons. The van der Waals surface area contributed by atoms with E-state index in [1.165, 1.54) is 11.6 Å². The fourth-order valence-electron chi connectivity index (χ4n) is 3.11. The summed E-state index contributed by atoms with van der Waals surface area (Å²) in [5.74, 6) is 0.464. The Bertz CT molecular complexity index is 708. The lowest BCUT2D eigenvalue weighted by Gasteiger charge is -2.34. The van der Waals surface area contributed by atoms with Crippen molar-refractivity contribution in [3.63, 3.8) is 0 Å². The molecule has 0 saturated carbocycles. The van der Waals surface area contributed by atoms with E-state index in [1.54, 1.807) is 11.8 Å². The van der Waals surface area contributed by atoms with E-state index < -0.39 is 18.4 Å². The summed E-state index contributed by atoms with van der Waals surface area (Å²) in [5.41, 5.74) is 1.68. The third-order valence-electron chi connectivity index (χ3n) is 4.87. The largest absolute Gasteiger partial charge is 0.494 e. The Morgan fingerprint density at radius 1 is 1.18 bits per heavy atom. The van der Waals surface area contributed by atoms with Crippen LogP contribution in [0.1, 0.15) is 32.3 Å². The molecule has 28 heavy (non-hydrogen) atoms. The molecule has 1 unspecified atom stereocenters. The Hall–Kier alpha value is -2.54. The number of carbonyl (C=O) groups is 2. The molecule has 2 aliphatic rings. The van der Waals surface area contributed by atoms with E-state index in [1.807, 2.05) is 12.1 Å². The first kappa shape index (κ1) is 20.2. The molecule has 1 aromatic carbocycles. The number of piperazine rings is 1. The van der Waals surface area contributed by atoms with Crippen molar-refractivity contribution in [3.8, 4) is 5.75 Å². The second-order valence-electron chi connectivity index (χ2n) is 7.12. The topological polar surface area (TPSA) is 68.3 Å². The van der Waals surface area contributed by atoms with Crippen LogP contribution >= 0.6 is 0 Å². The van der Waals surface area contributed by atoms with E-state index in [4.69, 9.17) is 14.2 Å². The van der Waals surface area contributed by atoms with Gasteiger partial charge >= 0.3 is 12.1 Å². The predicted molar refractivity (Wildman–Crippen MR) is 104 cm³/mol. The van der Waals surface area contributed by atoms with Gasteiger partial charge in [0.15, 0.2) is 0 Å². The molecule has 0 radical (unpaired) electrons. The number of hydrogen-bond acceptors (Lipinski definition) is 6. The van der Waals surface area contributed by atoms with Crippen LogP contribution in [-0.2, 0) is 20.8 Å². The van der Waals surface area contributed by atoms with Crippen LogP contribution in [0.2, 0.25) is 0 Å². The van der Waals surface area contributed by atoms with Crippen molar-refractivity contribution in [3.05, 3.63) is 41.5 Å². The van der Waals surface area contributed by atoms with Gasteiger partial charge in [0.1, 0.15) is 5.75 Å². The summed E-state index contributed by atoms with van der Waals surface area (Å²) in [5, 5.41) is 0. The Balaban J connectivity index is 1.40. The molecule has 1 aromatic rings. The van der Waals surface area contributed by atoms with Crippen LogP contribution in [0.5, 0.6) is 5.75 Å². The normalized spacial score (nSPS) is 19.9. The van der Waals surface area contributed by atoms with Crippen LogP contribution in [-0.4, -0.2) is 60.9 Å². The van der Waals surface area contributed by atoms with Gasteiger partial charge in [-0.05, 0) is 31.0 Å². The van der Waals surface area contributed by atoms with Crippen molar-refractivity contribution in [2.75, 3.05) is 32.8 Å². The minimum atomic E-state index is -0.906. The molecule has 7 nitrogen and oxygen atoms in total. The quantitative estimate of drug-likeness (QED) is 0.528. The van der Waals surface area contributed by atoms with Gasteiger partial charge in [0.25, 0.3) is 6.29 Å². The van der Waals surface area contributed by atoms with Gasteiger partial charge in [-0.3, -0.25) is 4.90 Å². The SMILES string of the molecule is CCCCOc1ccc(CN2CCN(C(=O)OC3C=C(C)C(=O)O3)CC2)cc1. The van der Waals surface area contributed by atoms with Crippen molar-refractivity contribution in [1.29, 1.82) is 0 Å². The first-order chi connectivity index (χ1) is 13.5. The van der Waals surface area contributed by atoms with Crippen molar-refractivity contribution < 1.29 is 23.8 Å². The van der Waals surface area contributed by atoms with E-state index in [0.717, 1.165) is 44.8 Å². The van der Waals surface area contributed by atoms with Gasteiger partial charge in [-0.1, -0.05) is 25.5 Å². The number of amides is 1. The molecule has 1 amide bonds. The predicted octanol–water partition coefficient (Wildman–Crippen LogP) is 2.95. The highest BCUT2D eigenvalue weighted by Crippen LogP contribution is 2.17. The minimum absolute atomic E-state index is 0.440. The number of cyclic esters (lactones) is 1. The summed E-state index contributed by atoms with van der Waals surface area (Å²) >= 11 is 0. The molecule has 0 N–H and O–H groups in total. The molecule has 1 atom stereocenters. The number of unbranched alkanes of at least 4 members (excludes halogenated alkanes) is 1. The van der Waals surface area contributed by atoms with Crippen LogP contribution in [0.3, 0.4) is 0 Å². The summed E-state index contributed by atoms with van der Waals surface area (Å²) in [7, 11) is 0. The highest BCUT2D eigenvalue weighted by Gasteiger charge is 2.29. The van der Waals surface area contributed by atoms with Gasteiger partial charge in [0, 0.05) is 44.4 Å². The van der Waals surface area contributed by atoms with Gasteiger partial charge in [-0.25, -0.2) is 9.59 Å². The smallest absolute Gasteiger partial charge is 0.413 e. The minimum Gasteiger partial charge on any atom is -0.494 e. The number of carbonyl (C=O) groups excluding carboxylic acids is 2. The molecule has 2 heterocycles. The Morgan fingerprint density at radius 3 is 2.50 bits per heavy atom. The molecule has 1 fully saturated rings. The van der Waals surface area contributed by atoms with Crippen LogP contribution in [0, 0.1) is 0 Å². The van der Waals surface area contributed by atoms with E-state index in [2.05, 4.69) is 24.0 Å². The average molecular weight is 388 g/mol. The first-order valence-electron chi connectivity index (χ1n) is 9.84. The summed E-state index contributed by atoms with van der Waals surface area (Å²) in [6.07, 6.45) is 2.35. The zero-order chi connectivity index (χ0) is 19.9. The first-order valence-corrected chi connectivity index (χ1v) is 9.84. The number of ether oxygens (including phenoxy) is 3. The molecule has 2 aliphatic heterocycles. The van der Waals surface area contributed by atoms with E-state index in [0.29, 0.717) is 18.7 Å². The maximum absolute atomic E-state index is 12.2. The standard InChI is InChI=1S/C21H28N2O5/c1-3-4-13-26-18-7-5-17(6-8-18)15-22-9-11-23(12-10-22)21(25)28-19-14-16(2)20(24)27-19/h5-8,14,19H,3-4,9-13,15H2,1-2H3. The highest BCUT2D eigenvalue weighted by molar-refractivity contribution is 5.90. The number of rotatable bonds is 7. The van der Waals surface area contributed by atoms with Gasteiger partial charge < -0.3 is 19.1 Å². The molecule has 0 bridgehead atoms. The molecule has 0 aromatic heterocycles. The van der Waals surface area contributed by atoms with Gasteiger partial charge in [0.05, 0.1) is 6.61 Å². The van der Waals surface area contributed by atoms with Gasteiger partial charge in [-0.15, -0.1) is 0 Å². The second-order valence-corrected chi connectivity index (χ2v) is 7.12. The third-order valence-corrected chi connectivity index (χ3v) is 4.87. The summed E-state index contributed by atoms with van der Waals surface area (Å²) in [6.45, 7) is 8.07. The maximum Gasteiger partial charge on any atom is 0.413 e. The molecular formula is C21H28N2O5. The second kappa shape index (κ2) is 9.59. The van der Waals surface area contributed by atoms with Crippen molar-refractivity contribution in [2.45, 2.75) is 39.5 Å². The number of hydrogen-bond donors (Lipinski definition) is 0. The van der Waals surface area contributed by atoms with Crippen molar-refractivity contribution in [2.24, 2.45) is 0 Å². The van der Waals surface area contributed by atoms with Gasteiger partial charge in [0.2, 0.25) is 0 Å². The molecule has 1 saturated heterocycles. The molecule has 0 spiro atoms. The molecule has 7 heteroatoms. The van der Waals surface area contributed by atoms with E-state index in [9.17, 15) is 9.59 Å². The lowest BCUT2D eigenvalue weighted by Crippen LogP contribution is -2.49. The summed E-state index contributed by atoms with van der Waals surface area (Å²) in [6, 6.07) is 8.20. The van der Waals surface area contributed by atoms with Gasteiger partial charge in [-0.2, -0.15) is 0 Å². The van der Waals surface area contributed by atoms with Crippen LogP contribution in [0.15, 0.2) is 35.9 Å². The highest BCUT2D eigenvalue weighted by atomic mass is 16.7. The fourth-order valence-corrected chi connectivity index (χ4v) is 3.11. The lowest BCUT2D eigenvalue weighted by molar-refractivity contribution is -0.152. The monoisotopic (exact) mass is 388 g/mol. The van der Waals surface area contributed by atoms with E-state index in [-0.39, 0.29) is 0 Å². The molecule has 0 aliphatic carbocycles. The zero-order valence-corrected chi connectivity index (χ0v) is 16.6. The summed E-state index contributed by atoms with van der Waals surface area (Å²) in [4.78, 5) is 27.5. The van der Waals surface area contributed by atoms with Crippen LogP contribution in [0.4, 0.5) is 4.79 Å². The summed E-state index contributed by atoms with van der Waals surface area (Å²) < 4.78 is 15.9. The average Bonchev–Trinajstić information content (AvgIpc) is 3.01. The number of nitrogens with zero attached hydrogens (tertiary/aromatic N) is 2. The Morgan fingerprint density at radius 2 is 1.89 bits per heavy atom. The molecule has 3 rings (SSSR count). The van der Waals surface area contributed by atoms with Crippen LogP contribution < -0.4 is 4.74 Å². The lowest BCUT2D eigenvalue weighted by atomic mass is 10.2. The Labute approximate surface area is 165 Å². The van der Waals surface area contributed by atoms with E-state index >= 15 is 0 Å². The van der Waals surface area contributed by atoms with Crippen LogP contribution in [0.25, 0.3) is 0 Å².